The van der Waals surface area contributed by atoms with Crippen LogP contribution in [0, 0.1) is 0 Å². The van der Waals surface area contributed by atoms with E-state index < -0.39 is 0 Å². The van der Waals surface area contributed by atoms with Crippen LogP contribution in [0.1, 0.15) is 5.56 Å². The molecule has 0 radical (unpaired) electrons. The van der Waals surface area contributed by atoms with Gasteiger partial charge in [0, 0.05) is 11.8 Å². The van der Waals surface area contributed by atoms with Gasteiger partial charge in [-0.2, -0.15) is 0 Å². The van der Waals surface area contributed by atoms with E-state index in [1.54, 1.807) is 30.3 Å². The van der Waals surface area contributed by atoms with Crippen LogP contribution in [0.4, 0.5) is 5.69 Å². The number of carbonyl (C=O) groups excluding carboxylic acids is 1. The van der Waals surface area contributed by atoms with Gasteiger partial charge in [0.2, 0.25) is 5.91 Å². The van der Waals surface area contributed by atoms with E-state index >= 15 is 0 Å². The van der Waals surface area contributed by atoms with Crippen LogP contribution >= 0.6 is 0 Å². The molecule has 0 aromatic heterocycles. The largest absolute Gasteiger partial charge is 0.492 e. The van der Waals surface area contributed by atoms with Crippen LogP contribution in [0.5, 0.6) is 5.75 Å². The monoisotopic (exact) mass is 282 g/mol. The molecule has 0 bridgehead atoms. The fourth-order valence-electron chi connectivity index (χ4n) is 1.70. The molecule has 0 spiro atoms. The summed E-state index contributed by atoms with van der Waals surface area (Å²) in [6.07, 6.45) is 3.29. The van der Waals surface area contributed by atoms with Gasteiger partial charge in [-0.25, -0.2) is 0 Å². The van der Waals surface area contributed by atoms with Crippen molar-refractivity contribution in [3.63, 3.8) is 0 Å². The fourth-order valence-corrected chi connectivity index (χ4v) is 1.70. The maximum absolute atomic E-state index is 11.6. The summed E-state index contributed by atoms with van der Waals surface area (Å²) >= 11 is 0. The summed E-state index contributed by atoms with van der Waals surface area (Å²) < 4.78 is 5.48. The predicted molar refractivity (Wildman–Crippen MR) is 84.8 cm³/mol. The first kappa shape index (κ1) is 14.7. The quantitative estimate of drug-likeness (QED) is 0.486. The number of amides is 1. The average Bonchev–Trinajstić information content (AvgIpc) is 2.52. The van der Waals surface area contributed by atoms with Crippen molar-refractivity contribution < 1.29 is 9.53 Å². The molecule has 108 valence electrons. The Morgan fingerprint density at radius 3 is 2.52 bits per heavy atom. The molecule has 4 heteroatoms. The maximum Gasteiger partial charge on any atom is 0.244 e. The van der Waals surface area contributed by atoms with Crippen LogP contribution in [0.3, 0.4) is 0 Å². The lowest BCUT2D eigenvalue weighted by Gasteiger charge is -2.06. The first-order chi connectivity index (χ1) is 10.2. The van der Waals surface area contributed by atoms with Crippen molar-refractivity contribution in [2.45, 2.75) is 0 Å². The van der Waals surface area contributed by atoms with E-state index in [4.69, 9.17) is 10.5 Å². The highest BCUT2D eigenvalue weighted by molar-refractivity contribution is 5.91. The number of hydrogen-bond donors (Lipinski definition) is 2. The number of nitrogen functional groups attached to an aromatic ring is 1. The number of nitrogens with one attached hydrogen (secondary N) is 1. The molecule has 4 nitrogen and oxygen atoms in total. The Hall–Kier alpha value is -2.75. The zero-order valence-corrected chi connectivity index (χ0v) is 11.7. The van der Waals surface area contributed by atoms with Gasteiger partial charge in [-0.05, 0) is 35.9 Å². The van der Waals surface area contributed by atoms with Crippen molar-refractivity contribution in [2.75, 3.05) is 18.9 Å². The topological polar surface area (TPSA) is 64.3 Å². The molecule has 0 atom stereocenters. The Morgan fingerprint density at radius 1 is 1.10 bits per heavy atom. The van der Waals surface area contributed by atoms with E-state index in [-0.39, 0.29) is 5.91 Å². The van der Waals surface area contributed by atoms with Crippen LogP contribution in [-0.2, 0) is 4.79 Å². The lowest BCUT2D eigenvalue weighted by atomic mass is 10.2. The average molecular weight is 282 g/mol. The van der Waals surface area contributed by atoms with Gasteiger partial charge in [0.15, 0.2) is 0 Å². The molecule has 0 saturated heterocycles. The summed E-state index contributed by atoms with van der Waals surface area (Å²) in [6, 6.07) is 16.8. The minimum atomic E-state index is -0.139. The zero-order valence-electron chi connectivity index (χ0n) is 11.7. The van der Waals surface area contributed by atoms with Gasteiger partial charge in [-0.15, -0.1) is 0 Å². The lowest BCUT2D eigenvalue weighted by Crippen LogP contribution is -2.26. The summed E-state index contributed by atoms with van der Waals surface area (Å²) in [6.45, 7) is 0.858. The molecule has 0 heterocycles. The minimum absolute atomic E-state index is 0.139. The SMILES string of the molecule is Nc1ccc(OCCNC(=O)C=Cc2ccccc2)cc1. The molecule has 0 fully saturated rings. The van der Waals surface area contributed by atoms with E-state index in [1.807, 2.05) is 30.3 Å². The molecule has 0 aliphatic heterocycles. The number of rotatable bonds is 6. The Labute approximate surface area is 124 Å². The van der Waals surface area contributed by atoms with Crippen molar-refractivity contribution in [1.82, 2.24) is 5.32 Å². The van der Waals surface area contributed by atoms with Crippen LogP contribution in [0.2, 0.25) is 0 Å². The molecule has 3 N–H and O–H groups in total. The van der Waals surface area contributed by atoms with Crippen LogP contribution in [-0.4, -0.2) is 19.1 Å². The second-order valence-electron chi connectivity index (χ2n) is 4.45. The van der Waals surface area contributed by atoms with Gasteiger partial charge in [0.25, 0.3) is 0 Å². The van der Waals surface area contributed by atoms with Gasteiger partial charge in [-0.3, -0.25) is 4.79 Å². The maximum atomic E-state index is 11.6. The third-order valence-electron chi connectivity index (χ3n) is 2.78. The summed E-state index contributed by atoms with van der Waals surface area (Å²) in [4.78, 5) is 11.6. The minimum Gasteiger partial charge on any atom is -0.492 e. The Balaban J connectivity index is 1.67. The third-order valence-corrected chi connectivity index (χ3v) is 2.78. The molecule has 0 saturated carbocycles. The van der Waals surface area contributed by atoms with Gasteiger partial charge >= 0.3 is 0 Å². The Morgan fingerprint density at radius 2 is 1.81 bits per heavy atom. The lowest BCUT2D eigenvalue weighted by molar-refractivity contribution is -0.116. The van der Waals surface area contributed by atoms with E-state index in [9.17, 15) is 4.79 Å². The smallest absolute Gasteiger partial charge is 0.244 e. The highest BCUT2D eigenvalue weighted by Crippen LogP contribution is 2.12. The number of hydrogen-bond acceptors (Lipinski definition) is 3. The molecule has 0 unspecified atom stereocenters. The van der Waals surface area contributed by atoms with Crippen molar-refractivity contribution in [3.8, 4) is 5.75 Å². The highest BCUT2D eigenvalue weighted by atomic mass is 16.5. The second-order valence-corrected chi connectivity index (χ2v) is 4.45. The molecular formula is C17H18N2O2. The molecule has 0 aliphatic carbocycles. The van der Waals surface area contributed by atoms with Crippen molar-refractivity contribution in [3.05, 3.63) is 66.2 Å². The van der Waals surface area contributed by atoms with E-state index in [2.05, 4.69) is 5.32 Å². The number of anilines is 1. The standard InChI is InChI=1S/C17H18N2O2/c18-15-7-9-16(10-8-15)21-13-12-19-17(20)11-6-14-4-2-1-3-5-14/h1-11H,12-13,18H2,(H,19,20). The summed E-state index contributed by atoms with van der Waals surface area (Å²) in [5.74, 6) is 0.595. The third kappa shape index (κ3) is 5.40. The summed E-state index contributed by atoms with van der Waals surface area (Å²) in [7, 11) is 0. The predicted octanol–water partition coefficient (Wildman–Crippen LogP) is 2.48. The van der Waals surface area contributed by atoms with Gasteiger partial charge in [0.05, 0.1) is 6.54 Å². The molecule has 21 heavy (non-hydrogen) atoms. The molecule has 0 aliphatic rings. The zero-order chi connectivity index (χ0) is 14.9. The van der Waals surface area contributed by atoms with Crippen molar-refractivity contribution in [1.29, 1.82) is 0 Å². The normalized spacial score (nSPS) is 10.5. The molecular weight excluding hydrogens is 264 g/mol. The number of benzene rings is 2. The summed E-state index contributed by atoms with van der Waals surface area (Å²) in [5.41, 5.74) is 7.27. The fraction of sp³-hybridized carbons (Fsp3) is 0.118. The van der Waals surface area contributed by atoms with Crippen LogP contribution in [0.25, 0.3) is 6.08 Å². The Bertz CT molecular complexity index is 592. The number of nitrogens with two attached hydrogens (primary N) is 1. The molecule has 2 aromatic carbocycles. The van der Waals surface area contributed by atoms with Crippen molar-refractivity contribution in [2.24, 2.45) is 0 Å². The van der Waals surface area contributed by atoms with Crippen molar-refractivity contribution >= 4 is 17.7 Å². The highest BCUT2D eigenvalue weighted by Gasteiger charge is 1.96. The van der Waals surface area contributed by atoms with Crippen LogP contribution in [0.15, 0.2) is 60.7 Å². The molecule has 1 amide bonds. The molecule has 2 rings (SSSR count). The number of ether oxygens (including phenoxy) is 1. The van der Waals surface area contributed by atoms with Gasteiger partial charge in [0.1, 0.15) is 12.4 Å². The van der Waals surface area contributed by atoms with Crippen LogP contribution < -0.4 is 15.8 Å². The number of carbonyl (C=O) groups is 1. The van der Waals surface area contributed by atoms with E-state index in [0.29, 0.717) is 18.8 Å². The second kappa shape index (κ2) is 7.75. The van der Waals surface area contributed by atoms with E-state index in [1.165, 1.54) is 6.08 Å². The van der Waals surface area contributed by atoms with Gasteiger partial charge < -0.3 is 15.8 Å². The first-order valence-electron chi connectivity index (χ1n) is 6.73. The Kier molecular flexibility index (Phi) is 5.41. The molecule has 2 aromatic rings. The van der Waals surface area contributed by atoms with E-state index in [0.717, 1.165) is 11.3 Å². The first-order valence-corrected chi connectivity index (χ1v) is 6.73. The summed E-state index contributed by atoms with van der Waals surface area (Å²) in [5, 5.41) is 2.76. The van der Waals surface area contributed by atoms with Gasteiger partial charge in [-0.1, -0.05) is 30.3 Å².